The van der Waals surface area contributed by atoms with Crippen molar-refractivity contribution in [1.29, 1.82) is 5.26 Å². The van der Waals surface area contributed by atoms with E-state index in [0.717, 1.165) is 44.7 Å². The number of pyridine rings is 1. The van der Waals surface area contributed by atoms with Gasteiger partial charge < -0.3 is 10.1 Å². The molecule has 1 aromatic heterocycles. The molecule has 5 heteroatoms. The molecule has 1 aliphatic rings. The Morgan fingerprint density at radius 2 is 1.77 bits per heavy atom. The lowest BCUT2D eigenvalue weighted by molar-refractivity contribution is 0.467. The van der Waals surface area contributed by atoms with Gasteiger partial charge in [-0.2, -0.15) is 5.26 Å². The zero-order chi connectivity index (χ0) is 20.7. The predicted molar refractivity (Wildman–Crippen MR) is 119 cm³/mol. The van der Waals surface area contributed by atoms with Gasteiger partial charge in [0.2, 0.25) is 5.88 Å². The van der Waals surface area contributed by atoms with Crippen molar-refractivity contribution in [3.63, 3.8) is 0 Å². The third-order valence-corrected chi connectivity index (χ3v) is 5.11. The summed E-state index contributed by atoms with van der Waals surface area (Å²) in [4.78, 5) is 9.28. The van der Waals surface area contributed by atoms with E-state index in [9.17, 15) is 0 Å². The van der Waals surface area contributed by atoms with Gasteiger partial charge in [0.15, 0.2) is 5.75 Å². The summed E-state index contributed by atoms with van der Waals surface area (Å²) in [5, 5.41) is 13.5. The molecule has 1 N–H and O–H groups in total. The first-order valence-electron chi connectivity index (χ1n) is 9.64. The summed E-state index contributed by atoms with van der Waals surface area (Å²) in [5.74, 6) is 1.26. The van der Waals surface area contributed by atoms with Gasteiger partial charge in [0, 0.05) is 23.0 Å². The molecule has 1 aliphatic heterocycles. The lowest BCUT2D eigenvalue weighted by Gasteiger charge is -2.11. The van der Waals surface area contributed by atoms with Crippen LogP contribution in [0.4, 0.5) is 17.1 Å². The van der Waals surface area contributed by atoms with Crippen molar-refractivity contribution in [1.82, 2.24) is 4.98 Å². The first kappa shape index (κ1) is 17.9. The second kappa shape index (κ2) is 7.02. The van der Waals surface area contributed by atoms with Gasteiger partial charge >= 0.3 is 0 Å². The van der Waals surface area contributed by atoms with Crippen LogP contribution < -0.4 is 10.1 Å². The summed E-state index contributed by atoms with van der Waals surface area (Å²) in [6, 6.07) is 21.9. The minimum atomic E-state index is 0.553. The Balaban J connectivity index is 1.50. The van der Waals surface area contributed by atoms with E-state index in [1.165, 1.54) is 0 Å². The van der Waals surface area contributed by atoms with E-state index in [1.807, 2.05) is 74.5 Å². The van der Waals surface area contributed by atoms with Crippen molar-refractivity contribution in [2.45, 2.75) is 13.8 Å². The summed E-state index contributed by atoms with van der Waals surface area (Å²) >= 11 is 0. The maximum atomic E-state index is 9.11. The number of aromatic nitrogens is 1. The highest BCUT2D eigenvalue weighted by Gasteiger charge is 2.14. The fourth-order valence-electron chi connectivity index (χ4n) is 3.52. The van der Waals surface area contributed by atoms with E-state index in [1.54, 1.807) is 6.21 Å². The molecule has 0 aliphatic carbocycles. The first-order valence-corrected chi connectivity index (χ1v) is 9.64. The molecule has 0 amide bonds. The van der Waals surface area contributed by atoms with Crippen LogP contribution in [0, 0.1) is 25.2 Å². The number of benzene rings is 3. The Hall–Kier alpha value is -4.17. The fraction of sp³-hybridized carbons (Fsp3) is 0.0800. The molecule has 0 unspecified atom stereocenters. The first-order chi connectivity index (χ1) is 14.6. The molecule has 0 radical (unpaired) electrons. The van der Waals surface area contributed by atoms with Gasteiger partial charge in [0.25, 0.3) is 0 Å². The number of fused-ring (bicyclic) bond motifs is 3. The molecular weight excluding hydrogens is 372 g/mol. The molecule has 4 aromatic rings. The highest BCUT2D eigenvalue weighted by Crippen LogP contribution is 2.37. The van der Waals surface area contributed by atoms with Crippen LogP contribution >= 0.6 is 0 Å². The average Bonchev–Trinajstić information content (AvgIpc) is 2.91. The van der Waals surface area contributed by atoms with Crippen molar-refractivity contribution in [3.8, 4) is 17.7 Å². The molecule has 0 atom stereocenters. The molecule has 144 valence electrons. The average molecular weight is 390 g/mol. The number of aryl methyl sites for hydroxylation is 2. The lowest BCUT2D eigenvalue weighted by atomic mass is 10.1. The van der Waals surface area contributed by atoms with Gasteiger partial charge in [0.1, 0.15) is 5.69 Å². The van der Waals surface area contributed by atoms with Gasteiger partial charge in [-0.25, -0.2) is 4.98 Å². The molecule has 0 saturated carbocycles. The highest BCUT2D eigenvalue weighted by molar-refractivity contribution is 5.94. The molecule has 0 spiro atoms. The monoisotopic (exact) mass is 390 g/mol. The number of rotatable bonds is 2. The molecule has 0 saturated heterocycles. The highest BCUT2D eigenvalue weighted by atomic mass is 16.5. The Morgan fingerprint density at radius 1 is 0.933 bits per heavy atom. The van der Waals surface area contributed by atoms with Gasteiger partial charge in [-0.15, -0.1) is 0 Å². The number of hydrogen-bond acceptors (Lipinski definition) is 5. The van der Waals surface area contributed by atoms with Crippen LogP contribution in [0.15, 0.2) is 65.7 Å². The van der Waals surface area contributed by atoms with Crippen LogP contribution in [-0.4, -0.2) is 11.2 Å². The van der Waals surface area contributed by atoms with Crippen LogP contribution in [0.25, 0.3) is 10.9 Å². The zero-order valence-corrected chi connectivity index (χ0v) is 16.6. The maximum Gasteiger partial charge on any atom is 0.228 e. The maximum absolute atomic E-state index is 9.11. The number of aliphatic imine (C=N–C) groups is 1. The quantitative estimate of drug-likeness (QED) is 0.383. The summed E-state index contributed by atoms with van der Waals surface area (Å²) in [6.45, 7) is 3.96. The Kier molecular flexibility index (Phi) is 4.19. The normalized spacial score (nSPS) is 11.8. The van der Waals surface area contributed by atoms with E-state index in [4.69, 9.17) is 15.0 Å². The number of nitrogens with zero attached hydrogens (tertiary/aromatic N) is 3. The zero-order valence-electron chi connectivity index (χ0n) is 16.6. The third-order valence-electron chi connectivity index (χ3n) is 5.11. The largest absolute Gasteiger partial charge is 0.436 e. The summed E-state index contributed by atoms with van der Waals surface area (Å²) in [6.07, 6.45) is 1.80. The Morgan fingerprint density at radius 3 is 2.60 bits per heavy atom. The number of nitrogens with one attached hydrogen (secondary N) is 1. The summed E-state index contributed by atoms with van der Waals surface area (Å²) < 4.78 is 6.05. The topological polar surface area (TPSA) is 70.3 Å². The minimum absolute atomic E-state index is 0.553. The molecule has 5 rings (SSSR count). The number of ether oxygens (including phenoxy) is 1. The van der Waals surface area contributed by atoms with Gasteiger partial charge in [-0.05, 0) is 79.6 Å². The molecular formula is C25H18N4O. The van der Waals surface area contributed by atoms with Crippen LogP contribution in [0.3, 0.4) is 0 Å². The molecule has 0 fully saturated rings. The summed E-state index contributed by atoms with van der Waals surface area (Å²) in [7, 11) is 0. The fourth-order valence-corrected chi connectivity index (χ4v) is 3.52. The van der Waals surface area contributed by atoms with Crippen molar-refractivity contribution in [3.05, 3.63) is 82.9 Å². The standard InChI is InChI=1S/C25H18N4O/c1-15-3-8-24-23(9-15)27-14-19-11-18-12-21(6-7-22(18)29-25(19)30-24)28-20-5-4-17(13-26)16(2)10-20/h3-12,14,28H,1-2H3. The number of anilines is 2. The van der Waals surface area contributed by atoms with Crippen LogP contribution in [0.1, 0.15) is 22.3 Å². The lowest BCUT2D eigenvalue weighted by Crippen LogP contribution is -1.95. The second-order valence-corrected chi connectivity index (χ2v) is 7.39. The van der Waals surface area contributed by atoms with Crippen molar-refractivity contribution in [2.24, 2.45) is 4.99 Å². The van der Waals surface area contributed by atoms with E-state index in [2.05, 4.69) is 16.4 Å². The van der Waals surface area contributed by atoms with Gasteiger partial charge in [-0.1, -0.05) is 6.07 Å². The van der Waals surface area contributed by atoms with Crippen LogP contribution in [0.5, 0.6) is 11.6 Å². The number of nitriles is 1. The molecule has 30 heavy (non-hydrogen) atoms. The summed E-state index contributed by atoms with van der Waals surface area (Å²) in [5.41, 5.74) is 7.12. The smallest absolute Gasteiger partial charge is 0.228 e. The molecule has 5 nitrogen and oxygen atoms in total. The van der Waals surface area contributed by atoms with Crippen molar-refractivity contribution >= 4 is 34.2 Å². The van der Waals surface area contributed by atoms with Gasteiger partial charge in [-0.3, -0.25) is 4.99 Å². The van der Waals surface area contributed by atoms with E-state index >= 15 is 0 Å². The molecule has 0 bridgehead atoms. The minimum Gasteiger partial charge on any atom is -0.436 e. The van der Waals surface area contributed by atoms with Gasteiger partial charge in [0.05, 0.1) is 22.7 Å². The second-order valence-electron chi connectivity index (χ2n) is 7.39. The molecule has 2 heterocycles. The Bertz CT molecular complexity index is 1380. The van der Waals surface area contributed by atoms with Crippen molar-refractivity contribution in [2.75, 3.05) is 5.32 Å². The number of hydrogen-bond donors (Lipinski definition) is 1. The molecule has 3 aromatic carbocycles. The Labute approximate surface area is 174 Å². The van der Waals surface area contributed by atoms with Crippen molar-refractivity contribution < 1.29 is 4.74 Å². The van der Waals surface area contributed by atoms with E-state index < -0.39 is 0 Å². The van der Waals surface area contributed by atoms with Crippen LogP contribution in [0.2, 0.25) is 0 Å². The van der Waals surface area contributed by atoms with E-state index in [0.29, 0.717) is 17.2 Å². The third kappa shape index (κ3) is 3.25. The van der Waals surface area contributed by atoms with Crippen LogP contribution in [-0.2, 0) is 0 Å². The van der Waals surface area contributed by atoms with E-state index in [-0.39, 0.29) is 0 Å². The SMILES string of the molecule is Cc1ccc2c(c1)N=Cc1cc3cc(Nc4ccc(C#N)c(C)c4)ccc3nc1O2. The predicted octanol–water partition coefficient (Wildman–Crippen LogP) is 6.32.